The van der Waals surface area contributed by atoms with E-state index in [1.807, 2.05) is 38.1 Å². The molecule has 0 radical (unpaired) electrons. The number of carbonyl (C=O) groups is 4. The molecule has 3 unspecified atom stereocenters. The zero-order valence-electron chi connectivity index (χ0n) is 18.6. The zero-order valence-corrected chi connectivity index (χ0v) is 18.6. The number of para-hydroxylation sites is 1. The minimum Gasteiger partial charge on any atom is -0.480 e. The molecule has 1 aromatic heterocycles. The number of carboxylic acid groups (broad SMARTS) is 1. The molecule has 0 aliphatic rings. The van der Waals surface area contributed by atoms with Crippen molar-refractivity contribution in [1.82, 2.24) is 20.9 Å². The maximum Gasteiger partial charge on any atom is 0.326 e. The predicted molar refractivity (Wildman–Crippen MR) is 121 cm³/mol. The molecule has 11 nitrogen and oxygen atoms in total. The van der Waals surface area contributed by atoms with Crippen molar-refractivity contribution in [3.63, 3.8) is 0 Å². The normalized spacial score (nSPS) is 13.8. The van der Waals surface area contributed by atoms with Crippen molar-refractivity contribution in [3.05, 3.63) is 36.0 Å². The first-order valence-electron chi connectivity index (χ1n) is 10.6. The van der Waals surface area contributed by atoms with Crippen LogP contribution < -0.4 is 21.7 Å². The highest BCUT2D eigenvalue weighted by Crippen LogP contribution is 2.19. The van der Waals surface area contributed by atoms with Crippen LogP contribution in [0.2, 0.25) is 0 Å². The van der Waals surface area contributed by atoms with Gasteiger partial charge in [-0.15, -0.1) is 0 Å². The van der Waals surface area contributed by atoms with Gasteiger partial charge in [-0.05, 0) is 24.0 Å². The van der Waals surface area contributed by atoms with Crippen LogP contribution >= 0.6 is 0 Å². The molecule has 0 fully saturated rings. The highest BCUT2D eigenvalue weighted by molar-refractivity contribution is 5.93. The number of aromatic amines is 1. The van der Waals surface area contributed by atoms with Crippen LogP contribution in [0.25, 0.3) is 10.9 Å². The van der Waals surface area contributed by atoms with E-state index >= 15 is 0 Å². The first kappa shape index (κ1) is 25.8. The molecule has 3 atom stereocenters. The van der Waals surface area contributed by atoms with Gasteiger partial charge in [0.1, 0.15) is 18.1 Å². The number of aromatic nitrogens is 1. The summed E-state index contributed by atoms with van der Waals surface area (Å²) in [6.45, 7) is 2.67. The molecule has 2 aromatic rings. The van der Waals surface area contributed by atoms with Gasteiger partial charge in [0.25, 0.3) is 0 Å². The third-order valence-corrected chi connectivity index (χ3v) is 5.03. The van der Waals surface area contributed by atoms with E-state index in [0.717, 1.165) is 16.5 Å². The first-order valence-corrected chi connectivity index (χ1v) is 10.6. The summed E-state index contributed by atoms with van der Waals surface area (Å²) >= 11 is 0. The molecule has 33 heavy (non-hydrogen) atoms. The molecule has 1 heterocycles. The number of H-pyrrole nitrogens is 1. The number of fused-ring (bicyclic) bond motifs is 1. The highest BCUT2D eigenvalue weighted by atomic mass is 16.4. The SMILES string of the molecule is CC(C)CC(NC(=O)C(N)CO)C(=O)NCC(=O)NC(Cc1c[nH]c2ccccc12)C(=O)O. The van der Waals surface area contributed by atoms with Crippen LogP contribution in [0.3, 0.4) is 0 Å². The first-order chi connectivity index (χ1) is 15.6. The molecule has 0 aliphatic heterocycles. The topological polar surface area (TPSA) is 187 Å². The number of carbonyl (C=O) groups excluding carboxylic acids is 3. The highest BCUT2D eigenvalue weighted by Gasteiger charge is 2.26. The van der Waals surface area contributed by atoms with E-state index in [-0.39, 0.29) is 18.8 Å². The number of carboxylic acids is 1. The fourth-order valence-electron chi connectivity index (χ4n) is 3.32. The van der Waals surface area contributed by atoms with Gasteiger partial charge in [0, 0.05) is 23.5 Å². The summed E-state index contributed by atoms with van der Waals surface area (Å²) in [5.41, 5.74) is 7.07. The monoisotopic (exact) mass is 461 g/mol. The Labute approximate surface area is 191 Å². The van der Waals surface area contributed by atoms with E-state index in [1.165, 1.54) is 0 Å². The number of amides is 3. The number of benzene rings is 1. The predicted octanol–water partition coefficient (Wildman–Crippen LogP) is -0.753. The number of hydrogen-bond acceptors (Lipinski definition) is 6. The van der Waals surface area contributed by atoms with Gasteiger partial charge in [-0.2, -0.15) is 0 Å². The van der Waals surface area contributed by atoms with E-state index in [9.17, 15) is 24.3 Å². The molecule has 180 valence electrons. The fraction of sp³-hybridized carbons (Fsp3) is 0.455. The van der Waals surface area contributed by atoms with E-state index in [2.05, 4.69) is 20.9 Å². The van der Waals surface area contributed by atoms with Gasteiger partial charge in [0.2, 0.25) is 17.7 Å². The van der Waals surface area contributed by atoms with Crippen molar-refractivity contribution in [2.75, 3.05) is 13.2 Å². The molecular weight excluding hydrogens is 430 g/mol. The summed E-state index contributed by atoms with van der Waals surface area (Å²) in [7, 11) is 0. The molecule has 0 bridgehead atoms. The van der Waals surface area contributed by atoms with Gasteiger partial charge in [0.15, 0.2) is 0 Å². The quantitative estimate of drug-likeness (QED) is 0.216. The number of aliphatic carboxylic acids is 1. The Morgan fingerprint density at radius 2 is 1.76 bits per heavy atom. The number of nitrogens with two attached hydrogens (primary N) is 1. The lowest BCUT2D eigenvalue weighted by atomic mass is 10.0. The van der Waals surface area contributed by atoms with Gasteiger partial charge in [-0.3, -0.25) is 14.4 Å². The van der Waals surface area contributed by atoms with Gasteiger partial charge >= 0.3 is 5.97 Å². The lowest BCUT2D eigenvalue weighted by Gasteiger charge is -2.22. The van der Waals surface area contributed by atoms with Crippen LogP contribution in [-0.4, -0.2) is 70.2 Å². The number of aliphatic hydroxyl groups excluding tert-OH is 1. The smallest absolute Gasteiger partial charge is 0.326 e. The third-order valence-electron chi connectivity index (χ3n) is 5.03. The molecule has 1 aromatic carbocycles. The molecule has 2 rings (SSSR count). The van der Waals surface area contributed by atoms with E-state index in [0.29, 0.717) is 0 Å². The van der Waals surface area contributed by atoms with Crippen LogP contribution in [0.15, 0.2) is 30.5 Å². The maximum atomic E-state index is 12.5. The summed E-state index contributed by atoms with van der Waals surface area (Å²) < 4.78 is 0. The molecule has 0 spiro atoms. The molecule has 0 saturated heterocycles. The second-order valence-corrected chi connectivity index (χ2v) is 8.22. The van der Waals surface area contributed by atoms with Gasteiger partial charge < -0.3 is 36.9 Å². The minimum absolute atomic E-state index is 0.0489. The molecule has 8 N–H and O–H groups in total. The Morgan fingerprint density at radius 1 is 1.06 bits per heavy atom. The molecular formula is C22H31N5O6. The van der Waals surface area contributed by atoms with E-state index in [1.54, 1.807) is 6.20 Å². The minimum atomic E-state index is -1.21. The standard InChI is InChI=1S/C22H31N5O6/c1-12(2)7-17(27-20(30)15(23)11-28)21(31)25-10-19(29)26-18(22(32)33)8-13-9-24-16-6-4-3-5-14(13)16/h3-6,9,12,15,17-18,24,28H,7-8,10-11,23H2,1-2H3,(H,25,31)(H,26,29)(H,27,30)(H,32,33). The number of nitrogens with one attached hydrogen (secondary N) is 4. The average molecular weight is 462 g/mol. The summed E-state index contributed by atoms with van der Waals surface area (Å²) in [5.74, 6) is -3.14. The summed E-state index contributed by atoms with van der Waals surface area (Å²) in [5, 5.41) is 26.7. The van der Waals surface area contributed by atoms with Crippen molar-refractivity contribution in [3.8, 4) is 0 Å². The van der Waals surface area contributed by atoms with E-state index in [4.69, 9.17) is 10.8 Å². The molecule has 3 amide bonds. The largest absolute Gasteiger partial charge is 0.480 e. The van der Waals surface area contributed by atoms with Gasteiger partial charge in [0.05, 0.1) is 13.2 Å². The summed E-state index contributed by atoms with van der Waals surface area (Å²) in [4.78, 5) is 51.6. The third kappa shape index (κ3) is 7.58. The zero-order chi connectivity index (χ0) is 24.5. The Hall–Kier alpha value is -3.44. The summed E-state index contributed by atoms with van der Waals surface area (Å²) in [6.07, 6.45) is 2.05. The average Bonchev–Trinajstić information content (AvgIpc) is 3.18. The van der Waals surface area contributed by atoms with Crippen molar-refractivity contribution < 1.29 is 29.4 Å². The summed E-state index contributed by atoms with van der Waals surface area (Å²) in [6, 6.07) is 4.09. The molecule has 0 aliphatic carbocycles. The Morgan fingerprint density at radius 3 is 2.39 bits per heavy atom. The van der Waals surface area contributed by atoms with Crippen molar-refractivity contribution >= 4 is 34.6 Å². The second-order valence-electron chi connectivity index (χ2n) is 8.22. The Balaban J connectivity index is 1.96. The van der Waals surface area contributed by atoms with Gasteiger partial charge in [-0.25, -0.2) is 4.79 Å². The Kier molecular flexibility index (Phi) is 9.37. The van der Waals surface area contributed by atoms with Crippen molar-refractivity contribution in [1.29, 1.82) is 0 Å². The lowest BCUT2D eigenvalue weighted by molar-refractivity contribution is -0.141. The van der Waals surface area contributed by atoms with E-state index < -0.39 is 55.0 Å². The van der Waals surface area contributed by atoms with Crippen LogP contribution in [0, 0.1) is 5.92 Å². The van der Waals surface area contributed by atoms with Crippen molar-refractivity contribution in [2.24, 2.45) is 11.7 Å². The number of aliphatic hydroxyl groups is 1. The fourth-order valence-corrected chi connectivity index (χ4v) is 3.32. The second kappa shape index (κ2) is 12.0. The lowest BCUT2D eigenvalue weighted by Crippen LogP contribution is -2.54. The van der Waals surface area contributed by atoms with Crippen LogP contribution in [0.5, 0.6) is 0 Å². The maximum absolute atomic E-state index is 12.5. The Bertz CT molecular complexity index is 989. The molecule has 11 heteroatoms. The number of rotatable bonds is 12. The molecule has 0 saturated carbocycles. The number of hydrogen-bond donors (Lipinski definition) is 7. The van der Waals surface area contributed by atoms with Gasteiger partial charge in [-0.1, -0.05) is 32.0 Å². The van der Waals surface area contributed by atoms with Crippen LogP contribution in [-0.2, 0) is 25.6 Å². The van der Waals surface area contributed by atoms with Crippen LogP contribution in [0.1, 0.15) is 25.8 Å². The van der Waals surface area contributed by atoms with Crippen LogP contribution in [0.4, 0.5) is 0 Å². The van der Waals surface area contributed by atoms with Crippen molar-refractivity contribution in [2.45, 2.75) is 44.8 Å².